The lowest BCUT2D eigenvalue weighted by Crippen LogP contribution is -2.20. The average Bonchev–Trinajstić information content (AvgIpc) is 3.28. The summed E-state index contributed by atoms with van der Waals surface area (Å²) in [6.45, 7) is 8.10. The molecule has 2 saturated heterocycles. The van der Waals surface area contributed by atoms with Crippen LogP contribution in [-0.2, 0) is 14.2 Å². The van der Waals surface area contributed by atoms with Crippen LogP contribution < -0.4 is 5.73 Å². The average molecular weight is 346 g/mol. The number of hydrogen-bond acceptors (Lipinski definition) is 4. The van der Waals surface area contributed by atoms with Crippen molar-refractivity contribution in [1.29, 1.82) is 0 Å². The van der Waals surface area contributed by atoms with E-state index in [1.165, 1.54) is 57.8 Å². The molecule has 2 aliphatic heterocycles. The molecule has 2 fully saturated rings. The van der Waals surface area contributed by atoms with Crippen LogP contribution in [-0.4, -0.2) is 38.6 Å². The first-order valence-corrected chi connectivity index (χ1v) is 9.78. The number of carbonyl (C=O) groups is 1. The van der Waals surface area contributed by atoms with Crippen molar-refractivity contribution in [2.75, 3.05) is 26.4 Å². The van der Waals surface area contributed by atoms with Gasteiger partial charge in [0.1, 0.15) is 6.10 Å². The molecule has 2 aliphatic rings. The van der Waals surface area contributed by atoms with E-state index in [-0.39, 0.29) is 6.10 Å². The summed E-state index contributed by atoms with van der Waals surface area (Å²) in [7, 11) is 0. The molecule has 0 aromatic heterocycles. The third-order valence-electron chi connectivity index (χ3n) is 3.94. The maximum absolute atomic E-state index is 10.4. The predicted molar refractivity (Wildman–Crippen MR) is 98.2 cm³/mol. The Morgan fingerprint density at radius 1 is 0.917 bits per heavy atom. The van der Waals surface area contributed by atoms with Crippen LogP contribution in [0.3, 0.4) is 0 Å². The Balaban J connectivity index is 0.000000420. The van der Waals surface area contributed by atoms with Gasteiger partial charge in [-0.1, -0.05) is 39.0 Å². The summed E-state index contributed by atoms with van der Waals surface area (Å²) in [4.78, 5) is 10.4. The Kier molecular flexibility index (Phi) is 17.9. The minimum Gasteiger partial charge on any atom is -0.447 e. The Bertz CT molecular complexity index is 241. The summed E-state index contributed by atoms with van der Waals surface area (Å²) in [5.74, 6) is 0. The maximum Gasteiger partial charge on any atom is 0.404 e. The van der Waals surface area contributed by atoms with Gasteiger partial charge in [0.05, 0.1) is 0 Å². The van der Waals surface area contributed by atoms with Crippen LogP contribution in [0.4, 0.5) is 4.79 Å². The molecule has 0 aliphatic carbocycles. The fourth-order valence-electron chi connectivity index (χ4n) is 2.49. The van der Waals surface area contributed by atoms with Gasteiger partial charge in [-0.05, 0) is 45.4 Å². The summed E-state index contributed by atoms with van der Waals surface area (Å²) in [5.41, 5.74) is 4.90. The van der Waals surface area contributed by atoms with Crippen molar-refractivity contribution in [1.82, 2.24) is 0 Å². The van der Waals surface area contributed by atoms with Gasteiger partial charge in [-0.25, -0.2) is 4.79 Å². The Labute approximate surface area is 148 Å². The lowest BCUT2D eigenvalue weighted by Gasteiger charge is -2.10. The second kappa shape index (κ2) is 18.5. The minimum atomic E-state index is -0.663. The zero-order valence-electron chi connectivity index (χ0n) is 15.9. The monoisotopic (exact) mass is 345 g/mol. The maximum atomic E-state index is 10.4. The molecule has 0 aromatic rings. The standard InChI is InChI=1S/C11H23NO2.2C4H8O/c1-3-4-5-6-7-8-9-10(2)14-11(12)13;2*1-2-4-5-3-1/h10H,3-9H2,1-2H3,(H2,12,13);2*1-4H2. The van der Waals surface area contributed by atoms with E-state index in [2.05, 4.69) is 6.92 Å². The van der Waals surface area contributed by atoms with Crippen LogP contribution >= 0.6 is 0 Å². The van der Waals surface area contributed by atoms with E-state index in [0.717, 1.165) is 39.3 Å². The molecule has 0 saturated carbocycles. The van der Waals surface area contributed by atoms with Crippen molar-refractivity contribution in [2.45, 2.75) is 90.6 Å². The van der Waals surface area contributed by atoms with Crippen LogP contribution in [0.1, 0.15) is 84.5 Å². The van der Waals surface area contributed by atoms with E-state index in [1.54, 1.807) is 0 Å². The zero-order valence-corrected chi connectivity index (χ0v) is 15.9. The van der Waals surface area contributed by atoms with Crippen LogP contribution in [0.15, 0.2) is 0 Å². The number of primary amides is 1. The summed E-state index contributed by atoms with van der Waals surface area (Å²) in [6, 6.07) is 0. The lowest BCUT2D eigenvalue weighted by molar-refractivity contribution is 0.110. The Morgan fingerprint density at radius 3 is 1.75 bits per heavy atom. The van der Waals surface area contributed by atoms with Gasteiger partial charge in [0.2, 0.25) is 0 Å². The third-order valence-corrected chi connectivity index (χ3v) is 3.94. The molecule has 0 spiro atoms. The number of carbonyl (C=O) groups excluding carboxylic acids is 1. The van der Waals surface area contributed by atoms with Gasteiger partial charge in [-0.15, -0.1) is 0 Å². The quantitative estimate of drug-likeness (QED) is 0.641. The van der Waals surface area contributed by atoms with Gasteiger partial charge in [0, 0.05) is 26.4 Å². The molecule has 24 heavy (non-hydrogen) atoms. The van der Waals surface area contributed by atoms with Gasteiger partial charge in [0.15, 0.2) is 0 Å². The molecule has 0 bridgehead atoms. The van der Waals surface area contributed by atoms with Crippen LogP contribution in [0.5, 0.6) is 0 Å². The molecule has 0 aromatic carbocycles. The number of amides is 1. The second-order valence-corrected chi connectivity index (χ2v) is 6.44. The summed E-state index contributed by atoms with van der Waals surface area (Å²) in [6.07, 6.45) is 12.9. The number of unbranched alkanes of at least 4 members (excludes halogenated alkanes) is 5. The summed E-state index contributed by atoms with van der Waals surface area (Å²) >= 11 is 0. The fraction of sp³-hybridized carbons (Fsp3) is 0.947. The van der Waals surface area contributed by atoms with Crippen LogP contribution in [0, 0.1) is 0 Å². The van der Waals surface area contributed by atoms with Gasteiger partial charge < -0.3 is 19.9 Å². The number of rotatable bonds is 8. The normalized spacial score (nSPS) is 17.2. The van der Waals surface area contributed by atoms with Gasteiger partial charge in [-0.3, -0.25) is 0 Å². The Morgan fingerprint density at radius 2 is 1.38 bits per heavy atom. The SMILES string of the molecule is C1CCOC1.C1CCOC1.CCCCCCCCC(C)OC(N)=O. The van der Waals surface area contributed by atoms with Gasteiger partial charge >= 0.3 is 6.09 Å². The number of nitrogens with two attached hydrogens (primary N) is 1. The van der Waals surface area contributed by atoms with E-state index >= 15 is 0 Å². The molecule has 144 valence electrons. The van der Waals surface area contributed by atoms with Crippen LogP contribution in [0.2, 0.25) is 0 Å². The Hall–Kier alpha value is -0.810. The smallest absolute Gasteiger partial charge is 0.404 e. The van der Waals surface area contributed by atoms with E-state index in [9.17, 15) is 4.79 Å². The van der Waals surface area contributed by atoms with E-state index in [1.807, 2.05) is 6.92 Å². The first-order valence-electron chi connectivity index (χ1n) is 9.78. The van der Waals surface area contributed by atoms with Crippen molar-refractivity contribution >= 4 is 6.09 Å². The molecule has 5 nitrogen and oxygen atoms in total. The highest BCUT2D eigenvalue weighted by atomic mass is 16.6. The molecular formula is C19H39NO4. The molecule has 1 atom stereocenters. The molecule has 1 amide bonds. The van der Waals surface area contributed by atoms with Crippen molar-refractivity contribution in [3.05, 3.63) is 0 Å². The summed E-state index contributed by atoms with van der Waals surface area (Å²) in [5, 5.41) is 0. The lowest BCUT2D eigenvalue weighted by atomic mass is 10.1. The van der Waals surface area contributed by atoms with Crippen molar-refractivity contribution in [3.63, 3.8) is 0 Å². The topological polar surface area (TPSA) is 70.8 Å². The second-order valence-electron chi connectivity index (χ2n) is 6.44. The number of ether oxygens (including phenoxy) is 3. The summed E-state index contributed by atoms with van der Waals surface area (Å²) < 4.78 is 14.7. The highest BCUT2D eigenvalue weighted by Gasteiger charge is 2.04. The fourth-order valence-corrected chi connectivity index (χ4v) is 2.49. The third kappa shape index (κ3) is 19.2. The van der Waals surface area contributed by atoms with E-state index in [4.69, 9.17) is 19.9 Å². The minimum absolute atomic E-state index is 0.0290. The predicted octanol–water partition coefficient (Wildman–Crippen LogP) is 4.81. The molecule has 2 rings (SSSR count). The van der Waals surface area contributed by atoms with E-state index < -0.39 is 6.09 Å². The van der Waals surface area contributed by atoms with Crippen molar-refractivity contribution < 1.29 is 19.0 Å². The molecule has 5 heteroatoms. The highest BCUT2D eigenvalue weighted by Crippen LogP contribution is 2.09. The molecule has 0 radical (unpaired) electrons. The largest absolute Gasteiger partial charge is 0.447 e. The van der Waals surface area contributed by atoms with Crippen molar-refractivity contribution in [2.24, 2.45) is 5.73 Å². The van der Waals surface area contributed by atoms with Gasteiger partial charge in [-0.2, -0.15) is 0 Å². The highest BCUT2D eigenvalue weighted by molar-refractivity contribution is 5.64. The molecule has 1 unspecified atom stereocenters. The van der Waals surface area contributed by atoms with Crippen molar-refractivity contribution in [3.8, 4) is 0 Å². The molecular weight excluding hydrogens is 306 g/mol. The zero-order chi connectivity index (χ0) is 17.9. The van der Waals surface area contributed by atoms with E-state index in [0.29, 0.717) is 0 Å². The first kappa shape index (κ1) is 23.2. The van der Waals surface area contributed by atoms with Gasteiger partial charge in [0.25, 0.3) is 0 Å². The van der Waals surface area contributed by atoms with Crippen LogP contribution in [0.25, 0.3) is 0 Å². The molecule has 2 heterocycles. The molecule has 2 N–H and O–H groups in total. The number of hydrogen-bond donors (Lipinski definition) is 1. The first-order chi connectivity index (χ1) is 11.7.